The summed E-state index contributed by atoms with van der Waals surface area (Å²) >= 11 is 0. The summed E-state index contributed by atoms with van der Waals surface area (Å²) in [6, 6.07) is 5.71. The van der Waals surface area contributed by atoms with Crippen LogP contribution in [0.3, 0.4) is 0 Å². The molecule has 2 rings (SSSR count). The Kier molecular flexibility index (Phi) is 3.19. The second kappa shape index (κ2) is 4.81. The van der Waals surface area contributed by atoms with E-state index < -0.39 is 5.97 Å². The number of carbonyl (C=O) groups excluding carboxylic acids is 1. The van der Waals surface area contributed by atoms with E-state index in [2.05, 4.69) is 10.5 Å². The maximum Gasteiger partial charge on any atom is 0.358 e. The lowest BCUT2D eigenvalue weighted by Gasteiger charge is -2.09. The van der Waals surface area contributed by atoms with Crippen molar-refractivity contribution in [1.82, 2.24) is 5.16 Å². The number of carboxylic acid groups (broad SMARTS) is 1. The molecule has 0 aliphatic rings. The van der Waals surface area contributed by atoms with Gasteiger partial charge in [0.1, 0.15) is 5.75 Å². The summed E-state index contributed by atoms with van der Waals surface area (Å²) in [7, 11) is 0. The van der Waals surface area contributed by atoms with Crippen LogP contribution in [0.25, 0.3) is 11.3 Å². The van der Waals surface area contributed by atoms with E-state index in [1.165, 1.54) is 19.1 Å². The number of benzene rings is 1. The van der Waals surface area contributed by atoms with Gasteiger partial charge in [-0.25, -0.2) is 4.79 Å². The number of hydrogen-bond acceptors (Lipinski definition) is 5. The van der Waals surface area contributed by atoms with Crippen LogP contribution >= 0.6 is 0 Å². The van der Waals surface area contributed by atoms with Crippen LogP contribution < -0.4 is 5.32 Å². The first-order valence-corrected chi connectivity index (χ1v) is 5.29. The summed E-state index contributed by atoms with van der Waals surface area (Å²) in [5.41, 5.74) is 0.227. The van der Waals surface area contributed by atoms with E-state index in [4.69, 9.17) is 9.63 Å². The molecule has 7 nitrogen and oxygen atoms in total. The largest absolute Gasteiger partial charge is 0.506 e. The first-order valence-electron chi connectivity index (χ1n) is 5.29. The van der Waals surface area contributed by atoms with Crippen LogP contribution in [0, 0.1) is 0 Å². The summed E-state index contributed by atoms with van der Waals surface area (Å²) in [4.78, 5) is 21.8. The van der Waals surface area contributed by atoms with Crippen molar-refractivity contribution in [3.63, 3.8) is 0 Å². The van der Waals surface area contributed by atoms with E-state index in [9.17, 15) is 14.7 Å². The Morgan fingerprint density at radius 2 is 2.11 bits per heavy atom. The van der Waals surface area contributed by atoms with Crippen molar-refractivity contribution in [2.24, 2.45) is 0 Å². The van der Waals surface area contributed by atoms with Crippen molar-refractivity contribution in [2.75, 3.05) is 5.32 Å². The van der Waals surface area contributed by atoms with Gasteiger partial charge in [-0.2, -0.15) is 0 Å². The first kappa shape index (κ1) is 12.6. The Labute approximate surface area is 107 Å². The van der Waals surface area contributed by atoms with Crippen LogP contribution in [0.5, 0.6) is 5.75 Å². The minimum Gasteiger partial charge on any atom is -0.506 e. The molecule has 0 fully saturated rings. The Morgan fingerprint density at radius 1 is 1.37 bits per heavy atom. The molecule has 3 N–H and O–H groups in total. The molecule has 2 aromatic rings. The molecule has 1 aromatic heterocycles. The number of phenolic OH excluding ortho intramolecular Hbond substituents is 1. The average Bonchev–Trinajstić information content (AvgIpc) is 2.80. The van der Waals surface area contributed by atoms with Crippen molar-refractivity contribution < 1.29 is 24.3 Å². The average molecular weight is 262 g/mol. The summed E-state index contributed by atoms with van der Waals surface area (Å²) in [5.74, 6) is -1.62. The van der Waals surface area contributed by atoms with Gasteiger partial charge >= 0.3 is 5.97 Å². The molecule has 7 heteroatoms. The lowest BCUT2D eigenvalue weighted by atomic mass is 10.1. The van der Waals surface area contributed by atoms with Gasteiger partial charge in [-0.3, -0.25) is 4.79 Å². The zero-order chi connectivity index (χ0) is 14.0. The summed E-state index contributed by atoms with van der Waals surface area (Å²) in [6.45, 7) is 1.29. The number of rotatable bonds is 3. The van der Waals surface area contributed by atoms with E-state index in [1.807, 2.05) is 0 Å². The van der Waals surface area contributed by atoms with Crippen LogP contribution in [0.15, 0.2) is 28.8 Å². The predicted octanol–water partition coefficient (Wildman–Crippen LogP) is 1.70. The van der Waals surface area contributed by atoms with Crippen LogP contribution in [-0.2, 0) is 4.79 Å². The maximum atomic E-state index is 11.1. The van der Waals surface area contributed by atoms with Gasteiger partial charge in [0.15, 0.2) is 11.5 Å². The molecule has 0 atom stereocenters. The monoisotopic (exact) mass is 262 g/mol. The van der Waals surface area contributed by atoms with E-state index in [0.29, 0.717) is 5.56 Å². The number of aromatic carboxylic acids is 1. The highest BCUT2D eigenvalue weighted by Gasteiger charge is 2.17. The molecule has 0 aliphatic carbocycles. The molecule has 1 aromatic carbocycles. The molecule has 0 radical (unpaired) electrons. The zero-order valence-electron chi connectivity index (χ0n) is 9.88. The SMILES string of the molecule is CC(=O)Nc1c(O)cccc1-c1cc(C(=O)O)no1. The number of amides is 1. The minimum atomic E-state index is -1.23. The molecule has 0 saturated carbocycles. The van der Waals surface area contributed by atoms with E-state index in [-0.39, 0.29) is 28.8 Å². The van der Waals surface area contributed by atoms with Gasteiger partial charge in [0.25, 0.3) is 0 Å². The second-order valence-corrected chi connectivity index (χ2v) is 3.76. The van der Waals surface area contributed by atoms with Crippen molar-refractivity contribution in [3.05, 3.63) is 30.0 Å². The Morgan fingerprint density at radius 3 is 2.68 bits per heavy atom. The van der Waals surface area contributed by atoms with Crippen molar-refractivity contribution in [1.29, 1.82) is 0 Å². The first-order chi connectivity index (χ1) is 8.99. The van der Waals surface area contributed by atoms with Crippen LogP contribution in [-0.4, -0.2) is 27.2 Å². The van der Waals surface area contributed by atoms with Gasteiger partial charge in [-0.1, -0.05) is 11.2 Å². The van der Waals surface area contributed by atoms with Gasteiger partial charge in [-0.15, -0.1) is 0 Å². The summed E-state index contributed by atoms with van der Waals surface area (Å²) in [5, 5.41) is 24.3. The standard InChI is InChI=1S/C12H10N2O5/c1-6(15)13-11-7(3-2-4-9(11)16)10-5-8(12(17)18)14-19-10/h2-5,16H,1H3,(H,13,15)(H,17,18). The number of anilines is 1. The molecule has 0 unspecified atom stereocenters. The van der Waals surface area contributed by atoms with Gasteiger partial charge in [-0.05, 0) is 12.1 Å². The molecule has 1 heterocycles. The zero-order valence-corrected chi connectivity index (χ0v) is 9.88. The Hall–Kier alpha value is -2.83. The number of aromatic nitrogens is 1. The van der Waals surface area contributed by atoms with Gasteiger partial charge in [0.2, 0.25) is 5.91 Å². The summed E-state index contributed by atoms with van der Waals surface area (Å²) in [6.07, 6.45) is 0. The minimum absolute atomic E-state index is 0.136. The predicted molar refractivity (Wildman–Crippen MR) is 64.9 cm³/mol. The number of para-hydroxylation sites is 1. The van der Waals surface area contributed by atoms with Crippen molar-refractivity contribution in [2.45, 2.75) is 6.92 Å². The van der Waals surface area contributed by atoms with Crippen molar-refractivity contribution in [3.8, 4) is 17.1 Å². The highest BCUT2D eigenvalue weighted by atomic mass is 16.5. The molecular weight excluding hydrogens is 252 g/mol. The third-order valence-corrected chi connectivity index (χ3v) is 2.34. The smallest absolute Gasteiger partial charge is 0.358 e. The molecular formula is C12H10N2O5. The number of nitrogens with one attached hydrogen (secondary N) is 1. The van der Waals surface area contributed by atoms with E-state index in [1.54, 1.807) is 12.1 Å². The number of phenols is 1. The molecule has 0 spiro atoms. The molecule has 0 bridgehead atoms. The van der Waals surface area contributed by atoms with E-state index >= 15 is 0 Å². The fraction of sp³-hybridized carbons (Fsp3) is 0.0833. The van der Waals surface area contributed by atoms with Crippen LogP contribution in [0.4, 0.5) is 5.69 Å². The fourth-order valence-corrected chi connectivity index (χ4v) is 1.56. The Bertz CT molecular complexity index is 647. The molecule has 98 valence electrons. The quantitative estimate of drug-likeness (QED) is 0.725. The molecule has 19 heavy (non-hydrogen) atoms. The van der Waals surface area contributed by atoms with Crippen LogP contribution in [0.1, 0.15) is 17.4 Å². The molecule has 0 aliphatic heterocycles. The number of nitrogens with zero attached hydrogens (tertiary/aromatic N) is 1. The van der Waals surface area contributed by atoms with Gasteiger partial charge in [0.05, 0.1) is 5.69 Å². The molecule has 0 saturated heterocycles. The number of carbonyl (C=O) groups is 2. The third-order valence-electron chi connectivity index (χ3n) is 2.34. The van der Waals surface area contributed by atoms with Gasteiger partial charge < -0.3 is 20.1 Å². The van der Waals surface area contributed by atoms with Crippen molar-refractivity contribution >= 4 is 17.6 Å². The molecule has 1 amide bonds. The van der Waals surface area contributed by atoms with Gasteiger partial charge in [0, 0.05) is 18.6 Å². The lowest BCUT2D eigenvalue weighted by molar-refractivity contribution is -0.114. The third kappa shape index (κ3) is 2.54. The number of hydrogen-bond donors (Lipinski definition) is 3. The highest BCUT2D eigenvalue weighted by Crippen LogP contribution is 2.35. The number of aromatic hydroxyl groups is 1. The topological polar surface area (TPSA) is 113 Å². The second-order valence-electron chi connectivity index (χ2n) is 3.76. The lowest BCUT2D eigenvalue weighted by Crippen LogP contribution is -2.07. The van der Waals surface area contributed by atoms with E-state index in [0.717, 1.165) is 0 Å². The fourth-order valence-electron chi connectivity index (χ4n) is 1.56. The summed E-state index contributed by atoms with van der Waals surface area (Å²) < 4.78 is 4.90. The van der Waals surface area contributed by atoms with Crippen LogP contribution in [0.2, 0.25) is 0 Å². The maximum absolute atomic E-state index is 11.1. The normalized spacial score (nSPS) is 10.2. The Balaban J connectivity index is 2.51. The highest BCUT2D eigenvalue weighted by molar-refractivity contribution is 5.96. The number of carboxylic acids is 1.